The largest absolute Gasteiger partial charge is 0.497 e. The molecule has 1 heterocycles. The molecule has 4 heteroatoms. The topological polar surface area (TPSA) is 29.8 Å². The molecule has 3 aromatic rings. The zero-order valence-electron chi connectivity index (χ0n) is 16.5. The number of hydrogen-bond donors (Lipinski definition) is 0. The summed E-state index contributed by atoms with van der Waals surface area (Å²) in [6.07, 6.45) is 4.02. The van der Waals surface area contributed by atoms with Crippen LogP contribution in [-0.2, 0) is 0 Å². The van der Waals surface area contributed by atoms with E-state index < -0.39 is 0 Å². The van der Waals surface area contributed by atoms with Gasteiger partial charge in [-0.15, -0.1) is 0 Å². The second-order valence-electron chi connectivity index (χ2n) is 6.43. The SMILES string of the molecule is CCN(CC)c1ccc(N=Cc2cc(C)n(-c3ccc(OC)cc3)c2)cc1. The number of hydrogen-bond acceptors (Lipinski definition) is 3. The molecule has 0 atom stereocenters. The molecular formula is C23H27N3O. The molecule has 4 nitrogen and oxygen atoms in total. The quantitative estimate of drug-likeness (QED) is 0.528. The van der Waals surface area contributed by atoms with Crippen LogP contribution in [0.3, 0.4) is 0 Å². The number of aliphatic imine (C=N–C) groups is 1. The van der Waals surface area contributed by atoms with E-state index in [1.54, 1.807) is 7.11 Å². The molecule has 0 aliphatic rings. The molecule has 0 bridgehead atoms. The van der Waals surface area contributed by atoms with Gasteiger partial charge >= 0.3 is 0 Å². The van der Waals surface area contributed by atoms with Crippen LogP contribution in [0.15, 0.2) is 65.8 Å². The first-order valence-corrected chi connectivity index (χ1v) is 9.37. The smallest absolute Gasteiger partial charge is 0.119 e. The average molecular weight is 361 g/mol. The van der Waals surface area contributed by atoms with Crippen molar-refractivity contribution in [1.29, 1.82) is 0 Å². The highest BCUT2D eigenvalue weighted by molar-refractivity contribution is 5.82. The van der Waals surface area contributed by atoms with E-state index in [0.717, 1.165) is 35.8 Å². The number of methoxy groups -OCH3 is 1. The van der Waals surface area contributed by atoms with Gasteiger partial charge in [0, 0.05) is 48.1 Å². The molecule has 0 amide bonds. The third-order valence-corrected chi connectivity index (χ3v) is 4.73. The van der Waals surface area contributed by atoms with E-state index in [-0.39, 0.29) is 0 Å². The van der Waals surface area contributed by atoms with Crippen LogP contribution in [0.1, 0.15) is 25.1 Å². The Kier molecular flexibility index (Phi) is 5.97. The van der Waals surface area contributed by atoms with Gasteiger partial charge in [-0.05, 0) is 75.4 Å². The highest BCUT2D eigenvalue weighted by atomic mass is 16.5. The van der Waals surface area contributed by atoms with E-state index in [4.69, 9.17) is 4.74 Å². The average Bonchev–Trinajstić information content (AvgIpc) is 3.09. The van der Waals surface area contributed by atoms with Gasteiger partial charge in [0.2, 0.25) is 0 Å². The fraction of sp³-hybridized carbons (Fsp3) is 0.261. The van der Waals surface area contributed by atoms with Crippen molar-refractivity contribution in [2.45, 2.75) is 20.8 Å². The highest BCUT2D eigenvalue weighted by Gasteiger charge is 2.04. The van der Waals surface area contributed by atoms with E-state index >= 15 is 0 Å². The lowest BCUT2D eigenvalue weighted by Gasteiger charge is -2.20. The maximum absolute atomic E-state index is 5.23. The van der Waals surface area contributed by atoms with Crippen LogP contribution < -0.4 is 9.64 Å². The zero-order chi connectivity index (χ0) is 19.2. The Hall–Kier alpha value is -3.01. The van der Waals surface area contributed by atoms with Crippen molar-refractivity contribution < 1.29 is 4.74 Å². The Morgan fingerprint density at radius 2 is 1.67 bits per heavy atom. The molecule has 2 aromatic carbocycles. The van der Waals surface area contributed by atoms with Crippen molar-refractivity contribution in [3.8, 4) is 11.4 Å². The highest BCUT2D eigenvalue weighted by Crippen LogP contribution is 2.21. The molecule has 0 unspecified atom stereocenters. The van der Waals surface area contributed by atoms with Gasteiger partial charge in [-0.2, -0.15) is 0 Å². The molecule has 0 saturated carbocycles. The van der Waals surface area contributed by atoms with Crippen LogP contribution in [0.4, 0.5) is 11.4 Å². The molecule has 3 rings (SSSR count). The summed E-state index contributed by atoms with van der Waals surface area (Å²) < 4.78 is 7.39. The lowest BCUT2D eigenvalue weighted by atomic mass is 10.2. The molecule has 1 aromatic heterocycles. The Balaban J connectivity index is 1.76. The van der Waals surface area contributed by atoms with E-state index in [0.29, 0.717) is 0 Å². The number of benzene rings is 2. The molecule has 0 aliphatic heterocycles. The second kappa shape index (κ2) is 8.58. The molecule has 0 saturated heterocycles. The molecule has 0 N–H and O–H groups in total. The van der Waals surface area contributed by atoms with Gasteiger partial charge in [-0.3, -0.25) is 4.99 Å². The summed E-state index contributed by atoms with van der Waals surface area (Å²) in [7, 11) is 1.68. The lowest BCUT2D eigenvalue weighted by Crippen LogP contribution is -2.21. The summed E-state index contributed by atoms with van der Waals surface area (Å²) in [6, 6.07) is 18.6. The first kappa shape index (κ1) is 18.8. The van der Waals surface area contributed by atoms with Crippen LogP contribution in [0.2, 0.25) is 0 Å². The van der Waals surface area contributed by atoms with Gasteiger partial charge in [0.15, 0.2) is 0 Å². The number of rotatable bonds is 7. The van der Waals surface area contributed by atoms with E-state index in [1.165, 1.54) is 11.4 Å². The first-order chi connectivity index (χ1) is 13.1. The van der Waals surface area contributed by atoms with Gasteiger partial charge in [0.1, 0.15) is 5.75 Å². The fourth-order valence-corrected chi connectivity index (χ4v) is 3.18. The van der Waals surface area contributed by atoms with Crippen LogP contribution in [-0.4, -0.2) is 31.0 Å². The summed E-state index contributed by atoms with van der Waals surface area (Å²) >= 11 is 0. The third kappa shape index (κ3) is 4.40. The molecular weight excluding hydrogens is 334 g/mol. The first-order valence-electron chi connectivity index (χ1n) is 9.37. The summed E-state index contributed by atoms with van der Waals surface area (Å²) in [6.45, 7) is 8.46. The lowest BCUT2D eigenvalue weighted by molar-refractivity contribution is 0.414. The molecule has 0 spiro atoms. The van der Waals surface area contributed by atoms with Gasteiger partial charge in [-0.1, -0.05) is 0 Å². The van der Waals surface area contributed by atoms with Crippen LogP contribution in [0.5, 0.6) is 5.75 Å². The van der Waals surface area contributed by atoms with Gasteiger partial charge in [0.05, 0.1) is 12.8 Å². The maximum Gasteiger partial charge on any atom is 0.119 e. The molecule has 0 radical (unpaired) electrons. The van der Waals surface area contributed by atoms with Crippen molar-refractivity contribution in [3.05, 3.63) is 72.1 Å². The Labute approximate surface area is 161 Å². The zero-order valence-corrected chi connectivity index (χ0v) is 16.5. The summed E-state index contributed by atoms with van der Waals surface area (Å²) in [4.78, 5) is 6.95. The van der Waals surface area contributed by atoms with Crippen LogP contribution in [0, 0.1) is 6.92 Å². The fourth-order valence-electron chi connectivity index (χ4n) is 3.18. The minimum atomic E-state index is 0.860. The van der Waals surface area contributed by atoms with Crippen LogP contribution in [0.25, 0.3) is 5.69 Å². The summed E-state index contributed by atoms with van der Waals surface area (Å²) in [5.74, 6) is 0.860. The summed E-state index contributed by atoms with van der Waals surface area (Å²) in [5.41, 5.74) is 5.55. The van der Waals surface area contributed by atoms with E-state index in [2.05, 4.69) is 83.9 Å². The van der Waals surface area contributed by atoms with Crippen molar-refractivity contribution in [2.75, 3.05) is 25.1 Å². The number of aromatic nitrogens is 1. The molecule has 27 heavy (non-hydrogen) atoms. The predicted molar refractivity (Wildman–Crippen MR) is 114 cm³/mol. The summed E-state index contributed by atoms with van der Waals surface area (Å²) in [5, 5.41) is 0. The van der Waals surface area contributed by atoms with Gasteiger partial charge in [0.25, 0.3) is 0 Å². The number of nitrogens with zero attached hydrogens (tertiary/aromatic N) is 3. The molecule has 0 fully saturated rings. The van der Waals surface area contributed by atoms with Crippen molar-refractivity contribution in [1.82, 2.24) is 4.57 Å². The standard InChI is InChI=1S/C23H27N3O/c1-5-25(6-2)21-9-7-20(8-10-21)24-16-19-15-18(3)26(17-19)22-11-13-23(27-4)14-12-22/h7-17H,5-6H2,1-4H3. The van der Waals surface area contributed by atoms with Gasteiger partial charge < -0.3 is 14.2 Å². The van der Waals surface area contributed by atoms with Crippen molar-refractivity contribution in [2.24, 2.45) is 4.99 Å². The molecule has 0 aliphatic carbocycles. The number of aryl methyl sites for hydroxylation is 1. The van der Waals surface area contributed by atoms with E-state index in [1.807, 2.05) is 18.3 Å². The van der Waals surface area contributed by atoms with Crippen molar-refractivity contribution in [3.63, 3.8) is 0 Å². The Morgan fingerprint density at radius 1 is 1.00 bits per heavy atom. The third-order valence-electron chi connectivity index (χ3n) is 4.73. The maximum atomic E-state index is 5.23. The monoisotopic (exact) mass is 361 g/mol. The second-order valence-corrected chi connectivity index (χ2v) is 6.43. The van der Waals surface area contributed by atoms with E-state index in [9.17, 15) is 0 Å². The van der Waals surface area contributed by atoms with Crippen LogP contribution >= 0.6 is 0 Å². The minimum absolute atomic E-state index is 0.860. The number of anilines is 1. The van der Waals surface area contributed by atoms with Gasteiger partial charge in [-0.25, -0.2) is 0 Å². The number of ether oxygens (including phenoxy) is 1. The minimum Gasteiger partial charge on any atom is -0.497 e. The van der Waals surface area contributed by atoms with Crippen molar-refractivity contribution >= 4 is 17.6 Å². The predicted octanol–water partition coefficient (Wildman–Crippen LogP) is 5.39. The normalized spacial score (nSPS) is 11.1. The molecule has 140 valence electrons. The Bertz CT molecular complexity index is 888. The Morgan fingerprint density at radius 3 is 2.26 bits per heavy atom.